The summed E-state index contributed by atoms with van der Waals surface area (Å²) in [7, 11) is 1.78. The van der Waals surface area contributed by atoms with Gasteiger partial charge in [-0.1, -0.05) is 74.4 Å². The molecular weight excluding hydrogens is 594 g/mol. The minimum Gasteiger partial charge on any atom is -0.388 e. The van der Waals surface area contributed by atoms with Gasteiger partial charge < -0.3 is 21.1 Å². The zero-order valence-corrected chi connectivity index (χ0v) is 27.5. The van der Waals surface area contributed by atoms with Crippen molar-refractivity contribution < 1.29 is 14.7 Å². The summed E-state index contributed by atoms with van der Waals surface area (Å²) in [6.07, 6.45) is 7.07. The molecule has 4 aromatic rings. The monoisotopic (exact) mass is 641 g/mol. The van der Waals surface area contributed by atoms with Crippen molar-refractivity contribution in [3.8, 4) is 11.3 Å². The molecular formula is C36H47N7O4. The third kappa shape index (κ3) is 8.52. The van der Waals surface area contributed by atoms with Crippen LogP contribution in [0.25, 0.3) is 22.3 Å². The fourth-order valence-electron chi connectivity index (χ4n) is 6.32. The highest BCUT2D eigenvalue weighted by molar-refractivity contribution is 5.89. The molecule has 1 atom stereocenters. The Bertz CT molecular complexity index is 1710. The summed E-state index contributed by atoms with van der Waals surface area (Å²) < 4.78 is 3.08. The van der Waals surface area contributed by atoms with E-state index in [-0.39, 0.29) is 35.4 Å². The lowest BCUT2D eigenvalue weighted by Gasteiger charge is -2.38. The number of piperidine rings is 1. The molecule has 1 aliphatic rings. The summed E-state index contributed by atoms with van der Waals surface area (Å²) in [6, 6.07) is 17.8. The molecule has 5 rings (SSSR count). The summed E-state index contributed by atoms with van der Waals surface area (Å²) >= 11 is 0. The van der Waals surface area contributed by atoms with E-state index in [2.05, 4.69) is 22.3 Å². The Kier molecular flexibility index (Phi) is 11.2. The van der Waals surface area contributed by atoms with Gasteiger partial charge in [0.2, 0.25) is 11.8 Å². The molecule has 250 valence electrons. The van der Waals surface area contributed by atoms with Gasteiger partial charge in [0.05, 0.1) is 24.2 Å². The molecule has 11 heteroatoms. The van der Waals surface area contributed by atoms with E-state index in [0.29, 0.717) is 63.1 Å². The number of hydrogen-bond donors (Lipinski definition) is 3. The first-order valence-corrected chi connectivity index (χ1v) is 16.7. The SMILES string of the molecule is C[C@H](CC(=O)N1CCC(O)(Cn2cnc3c(-c4ccc(CNC(=O)CCCCCCN)cc4)n(C)nc3c2=O)CC1)c1ccccc1. The molecule has 0 unspecified atom stereocenters. The van der Waals surface area contributed by atoms with E-state index in [1.54, 1.807) is 11.7 Å². The van der Waals surface area contributed by atoms with E-state index >= 15 is 0 Å². The number of aliphatic hydroxyl groups is 1. The second-order valence-corrected chi connectivity index (χ2v) is 12.9. The number of likely N-dealkylation sites (tertiary alicyclic amines) is 1. The Labute approximate surface area is 275 Å². The molecule has 2 aromatic carbocycles. The summed E-state index contributed by atoms with van der Waals surface area (Å²) in [6.45, 7) is 4.14. The quantitative estimate of drug-likeness (QED) is 0.177. The number of carbonyl (C=O) groups is 2. The number of nitrogens with zero attached hydrogens (tertiary/aromatic N) is 5. The number of carbonyl (C=O) groups excluding carboxylic acids is 2. The van der Waals surface area contributed by atoms with E-state index < -0.39 is 5.60 Å². The number of aryl methyl sites for hydroxylation is 1. The molecule has 0 aliphatic carbocycles. The molecule has 2 aromatic heterocycles. The van der Waals surface area contributed by atoms with Crippen LogP contribution >= 0.6 is 0 Å². The number of unbranched alkanes of at least 4 members (excludes halogenated alkanes) is 3. The molecule has 2 amide bonds. The zero-order chi connectivity index (χ0) is 33.4. The fourth-order valence-corrected chi connectivity index (χ4v) is 6.32. The fraction of sp³-hybridized carbons (Fsp3) is 0.472. The minimum absolute atomic E-state index is 0.0390. The van der Waals surface area contributed by atoms with Gasteiger partial charge in [0.25, 0.3) is 5.56 Å². The molecule has 4 N–H and O–H groups in total. The first-order chi connectivity index (χ1) is 22.7. The Morgan fingerprint density at radius 1 is 1.00 bits per heavy atom. The van der Waals surface area contributed by atoms with Crippen LogP contribution < -0.4 is 16.6 Å². The lowest BCUT2D eigenvalue weighted by Crippen LogP contribution is -2.49. The molecule has 1 aliphatic heterocycles. The van der Waals surface area contributed by atoms with Crippen molar-refractivity contribution in [2.75, 3.05) is 19.6 Å². The number of rotatable bonds is 14. The number of fused-ring (bicyclic) bond motifs is 1. The average molecular weight is 642 g/mol. The highest BCUT2D eigenvalue weighted by atomic mass is 16.3. The van der Waals surface area contributed by atoms with Crippen LogP contribution in [0.15, 0.2) is 65.7 Å². The second-order valence-electron chi connectivity index (χ2n) is 12.9. The van der Waals surface area contributed by atoms with E-state index in [1.807, 2.05) is 59.5 Å². The number of amides is 2. The highest BCUT2D eigenvalue weighted by Gasteiger charge is 2.35. The summed E-state index contributed by atoms with van der Waals surface area (Å²) in [5.41, 5.74) is 8.47. The maximum absolute atomic E-state index is 13.5. The second kappa shape index (κ2) is 15.5. The predicted octanol–water partition coefficient (Wildman–Crippen LogP) is 3.87. The van der Waals surface area contributed by atoms with E-state index in [0.717, 1.165) is 42.4 Å². The van der Waals surface area contributed by atoms with Crippen molar-refractivity contribution in [1.29, 1.82) is 0 Å². The van der Waals surface area contributed by atoms with Gasteiger partial charge in [0.1, 0.15) is 5.52 Å². The van der Waals surface area contributed by atoms with Crippen LogP contribution in [0.2, 0.25) is 0 Å². The maximum Gasteiger partial charge on any atom is 0.281 e. The topological polar surface area (TPSA) is 148 Å². The van der Waals surface area contributed by atoms with Gasteiger partial charge in [-0.3, -0.25) is 23.6 Å². The van der Waals surface area contributed by atoms with Crippen molar-refractivity contribution in [3.63, 3.8) is 0 Å². The van der Waals surface area contributed by atoms with E-state index in [9.17, 15) is 19.5 Å². The van der Waals surface area contributed by atoms with Crippen LogP contribution in [0, 0.1) is 0 Å². The van der Waals surface area contributed by atoms with Crippen LogP contribution in [0.3, 0.4) is 0 Å². The number of benzene rings is 2. The zero-order valence-electron chi connectivity index (χ0n) is 27.5. The standard InChI is InChI=1S/C36H47N7O4/c1-26(28-10-6-5-7-11-28)22-31(45)42-20-17-36(47,18-21-42)24-43-25-39-32-33(35(43)46)40-41(2)34(32)29-15-13-27(14-16-29)23-38-30(44)12-8-3-4-9-19-37/h5-7,10-11,13-16,25-26,47H,3-4,8-9,12,17-24,37H2,1-2H3,(H,38,44)/t26-/m1/s1. The van der Waals surface area contributed by atoms with Gasteiger partial charge in [-0.05, 0) is 49.3 Å². The van der Waals surface area contributed by atoms with Crippen LogP contribution in [-0.2, 0) is 29.7 Å². The van der Waals surface area contributed by atoms with Gasteiger partial charge >= 0.3 is 0 Å². The van der Waals surface area contributed by atoms with Gasteiger partial charge in [-0.15, -0.1) is 0 Å². The van der Waals surface area contributed by atoms with Gasteiger partial charge in [-0.2, -0.15) is 5.10 Å². The Morgan fingerprint density at radius 3 is 2.40 bits per heavy atom. The van der Waals surface area contributed by atoms with E-state index in [4.69, 9.17) is 5.73 Å². The minimum atomic E-state index is -1.13. The van der Waals surface area contributed by atoms with E-state index in [1.165, 1.54) is 10.9 Å². The first kappa shape index (κ1) is 34.0. The van der Waals surface area contributed by atoms with Crippen molar-refractivity contribution in [3.05, 3.63) is 82.4 Å². The molecule has 0 radical (unpaired) electrons. The third-order valence-corrected chi connectivity index (χ3v) is 9.25. The number of nitrogens with one attached hydrogen (secondary N) is 1. The Balaban J connectivity index is 1.18. The molecule has 3 heterocycles. The van der Waals surface area contributed by atoms with Crippen LogP contribution in [0.4, 0.5) is 0 Å². The number of hydrogen-bond acceptors (Lipinski definition) is 7. The number of nitrogens with two attached hydrogens (primary N) is 1. The van der Waals surface area contributed by atoms with Crippen LogP contribution in [0.5, 0.6) is 0 Å². The van der Waals surface area contributed by atoms with Crippen molar-refractivity contribution in [2.45, 2.75) is 82.9 Å². The van der Waals surface area contributed by atoms with Crippen molar-refractivity contribution >= 4 is 22.8 Å². The lowest BCUT2D eigenvalue weighted by molar-refractivity contribution is -0.136. The largest absolute Gasteiger partial charge is 0.388 e. The normalized spacial score (nSPS) is 15.1. The Morgan fingerprint density at radius 2 is 1.70 bits per heavy atom. The van der Waals surface area contributed by atoms with Crippen molar-refractivity contribution in [2.24, 2.45) is 12.8 Å². The van der Waals surface area contributed by atoms with Crippen LogP contribution in [0.1, 0.15) is 75.3 Å². The van der Waals surface area contributed by atoms with Gasteiger partial charge in [0.15, 0.2) is 5.52 Å². The first-order valence-electron chi connectivity index (χ1n) is 16.7. The number of aromatic nitrogens is 4. The molecule has 1 fully saturated rings. The summed E-state index contributed by atoms with van der Waals surface area (Å²) in [5, 5.41) is 18.9. The Hall–Kier alpha value is -4.35. The van der Waals surface area contributed by atoms with Gasteiger partial charge in [0, 0.05) is 45.1 Å². The lowest BCUT2D eigenvalue weighted by atomic mass is 9.90. The average Bonchev–Trinajstić information content (AvgIpc) is 3.42. The highest BCUT2D eigenvalue weighted by Crippen LogP contribution is 2.28. The van der Waals surface area contributed by atoms with Crippen LogP contribution in [-0.4, -0.2) is 66.4 Å². The van der Waals surface area contributed by atoms with Gasteiger partial charge in [-0.25, -0.2) is 4.98 Å². The molecule has 0 saturated carbocycles. The summed E-state index contributed by atoms with van der Waals surface area (Å²) in [4.78, 5) is 45.1. The predicted molar refractivity (Wildman–Crippen MR) is 182 cm³/mol. The molecule has 47 heavy (non-hydrogen) atoms. The molecule has 0 bridgehead atoms. The third-order valence-electron chi connectivity index (χ3n) is 9.25. The maximum atomic E-state index is 13.5. The molecule has 1 saturated heterocycles. The van der Waals surface area contributed by atoms with Crippen molar-refractivity contribution in [1.82, 2.24) is 29.5 Å². The summed E-state index contributed by atoms with van der Waals surface area (Å²) in [5.74, 6) is 0.228. The smallest absolute Gasteiger partial charge is 0.281 e. The molecule has 0 spiro atoms. The molecule has 11 nitrogen and oxygen atoms in total.